The molecule has 146 valence electrons. The lowest BCUT2D eigenvalue weighted by molar-refractivity contribution is 0.0915. The van der Waals surface area contributed by atoms with Gasteiger partial charge in [-0.1, -0.05) is 18.2 Å². The SMILES string of the molecule is COc1ccc(C(=O)NCC(O)CN(C)c2ccccc2)c(OC)c1OC. The van der Waals surface area contributed by atoms with E-state index in [9.17, 15) is 9.90 Å². The summed E-state index contributed by atoms with van der Waals surface area (Å²) in [5, 5.41) is 13.0. The summed E-state index contributed by atoms with van der Waals surface area (Å²) in [4.78, 5) is 14.5. The normalized spacial score (nSPS) is 11.4. The predicted octanol–water partition coefficient (Wildman–Crippen LogP) is 1.94. The molecule has 0 bridgehead atoms. The quantitative estimate of drug-likeness (QED) is 0.698. The van der Waals surface area contributed by atoms with Crippen molar-refractivity contribution in [1.82, 2.24) is 5.32 Å². The van der Waals surface area contributed by atoms with E-state index in [4.69, 9.17) is 14.2 Å². The molecule has 0 aliphatic rings. The summed E-state index contributed by atoms with van der Waals surface area (Å²) < 4.78 is 15.8. The number of rotatable bonds is 9. The Bertz CT molecular complexity index is 752. The summed E-state index contributed by atoms with van der Waals surface area (Å²) in [7, 11) is 6.33. The molecule has 0 saturated heterocycles. The summed E-state index contributed by atoms with van der Waals surface area (Å²) in [6.45, 7) is 0.487. The smallest absolute Gasteiger partial charge is 0.255 e. The van der Waals surface area contributed by atoms with Crippen LogP contribution in [0.4, 0.5) is 5.69 Å². The Balaban J connectivity index is 2.01. The van der Waals surface area contributed by atoms with Crippen LogP contribution in [-0.2, 0) is 0 Å². The number of aliphatic hydroxyl groups is 1. The third-order valence-corrected chi connectivity index (χ3v) is 4.13. The van der Waals surface area contributed by atoms with Gasteiger partial charge >= 0.3 is 0 Å². The highest BCUT2D eigenvalue weighted by molar-refractivity contribution is 5.98. The van der Waals surface area contributed by atoms with Gasteiger partial charge in [0.1, 0.15) is 0 Å². The van der Waals surface area contributed by atoms with Crippen molar-refractivity contribution in [2.75, 3.05) is 46.4 Å². The molecule has 7 nitrogen and oxygen atoms in total. The van der Waals surface area contributed by atoms with Gasteiger partial charge in [-0.05, 0) is 24.3 Å². The lowest BCUT2D eigenvalue weighted by Gasteiger charge is -2.23. The zero-order valence-corrected chi connectivity index (χ0v) is 16.1. The van der Waals surface area contributed by atoms with E-state index in [0.29, 0.717) is 23.6 Å². The number of carbonyl (C=O) groups is 1. The Labute approximate surface area is 159 Å². The van der Waals surface area contributed by atoms with Crippen molar-refractivity contribution in [2.24, 2.45) is 0 Å². The molecule has 27 heavy (non-hydrogen) atoms. The maximum atomic E-state index is 12.5. The summed E-state index contributed by atoms with van der Waals surface area (Å²) in [5.74, 6) is 0.729. The molecule has 0 aromatic heterocycles. The Morgan fingerprint density at radius 1 is 1.04 bits per heavy atom. The molecule has 2 N–H and O–H groups in total. The second-order valence-electron chi connectivity index (χ2n) is 5.96. The highest BCUT2D eigenvalue weighted by Crippen LogP contribution is 2.39. The van der Waals surface area contributed by atoms with Crippen molar-refractivity contribution < 1.29 is 24.1 Å². The minimum absolute atomic E-state index is 0.105. The molecular formula is C20H26N2O5. The van der Waals surface area contributed by atoms with Crippen LogP contribution in [0.15, 0.2) is 42.5 Å². The van der Waals surface area contributed by atoms with E-state index in [1.807, 2.05) is 42.3 Å². The molecule has 1 amide bonds. The van der Waals surface area contributed by atoms with Crippen molar-refractivity contribution >= 4 is 11.6 Å². The Kier molecular flexibility index (Phi) is 7.31. The van der Waals surface area contributed by atoms with Gasteiger partial charge in [-0.15, -0.1) is 0 Å². The number of hydrogen-bond donors (Lipinski definition) is 2. The number of nitrogens with zero attached hydrogens (tertiary/aromatic N) is 1. The van der Waals surface area contributed by atoms with E-state index in [1.165, 1.54) is 21.3 Å². The van der Waals surface area contributed by atoms with Crippen molar-refractivity contribution in [3.05, 3.63) is 48.0 Å². The van der Waals surface area contributed by atoms with Crippen LogP contribution in [0.25, 0.3) is 0 Å². The van der Waals surface area contributed by atoms with E-state index in [1.54, 1.807) is 12.1 Å². The zero-order chi connectivity index (χ0) is 19.8. The molecule has 2 aromatic carbocycles. The van der Waals surface area contributed by atoms with Crippen LogP contribution < -0.4 is 24.4 Å². The lowest BCUT2D eigenvalue weighted by atomic mass is 10.1. The molecule has 0 saturated carbocycles. The Morgan fingerprint density at radius 2 is 1.70 bits per heavy atom. The number of nitrogens with one attached hydrogen (secondary N) is 1. The van der Waals surface area contributed by atoms with E-state index in [0.717, 1.165) is 5.69 Å². The molecule has 0 heterocycles. The maximum absolute atomic E-state index is 12.5. The molecular weight excluding hydrogens is 348 g/mol. The summed E-state index contributed by atoms with van der Waals surface area (Å²) in [6, 6.07) is 12.9. The van der Waals surface area contributed by atoms with Gasteiger partial charge in [0.05, 0.1) is 33.0 Å². The number of anilines is 1. The fourth-order valence-corrected chi connectivity index (χ4v) is 2.75. The van der Waals surface area contributed by atoms with Gasteiger partial charge < -0.3 is 29.5 Å². The number of hydrogen-bond acceptors (Lipinski definition) is 6. The van der Waals surface area contributed by atoms with Crippen molar-refractivity contribution in [3.63, 3.8) is 0 Å². The third kappa shape index (κ3) is 5.04. The van der Waals surface area contributed by atoms with E-state index >= 15 is 0 Å². The van der Waals surface area contributed by atoms with E-state index < -0.39 is 6.10 Å². The molecule has 0 spiro atoms. The molecule has 2 rings (SSSR count). The van der Waals surface area contributed by atoms with Gasteiger partial charge in [0.15, 0.2) is 11.5 Å². The van der Waals surface area contributed by atoms with Gasteiger partial charge in [-0.3, -0.25) is 4.79 Å². The first kappa shape index (κ1) is 20.4. The fraction of sp³-hybridized carbons (Fsp3) is 0.350. The van der Waals surface area contributed by atoms with Crippen molar-refractivity contribution in [2.45, 2.75) is 6.10 Å². The first-order chi connectivity index (χ1) is 13.0. The largest absolute Gasteiger partial charge is 0.493 e. The van der Waals surface area contributed by atoms with Crippen LogP contribution in [0.3, 0.4) is 0 Å². The second-order valence-corrected chi connectivity index (χ2v) is 5.96. The van der Waals surface area contributed by atoms with Gasteiger partial charge in [0.2, 0.25) is 5.75 Å². The number of amides is 1. The van der Waals surface area contributed by atoms with Gasteiger partial charge in [-0.2, -0.15) is 0 Å². The molecule has 0 aliphatic carbocycles. The third-order valence-electron chi connectivity index (χ3n) is 4.13. The molecule has 1 atom stereocenters. The van der Waals surface area contributed by atoms with Gasteiger partial charge in [0, 0.05) is 25.8 Å². The van der Waals surface area contributed by atoms with Crippen molar-refractivity contribution in [1.29, 1.82) is 0 Å². The molecule has 2 aromatic rings. The summed E-state index contributed by atoms with van der Waals surface area (Å²) in [5.41, 5.74) is 1.29. The van der Waals surface area contributed by atoms with Crippen LogP contribution in [-0.4, -0.2) is 58.6 Å². The van der Waals surface area contributed by atoms with Gasteiger partial charge in [0.25, 0.3) is 5.91 Å². The molecule has 0 radical (unpaired) electrons. The van der Waals surface area contributed by atoms with Crippen LogP contribution >= 0.6 is 0 Å². The monoisotopic (exact) mass is 374 g/mol. The number of benzene rings is 2. The number of methoxy groups -OCH3 is 3. The number of carbonyl (C=O) groups excluding carboxylic acids is 1. The number of aliphatic hydroxyl groups excluding tert-OH is 1. The first-order valence-electron chi connectivity index (χ1n) is 8.53. The number of para-hydroxylation sites is 1. The van der Waals surface area contributed by atoms with Crippen molar-refractivity contribution in [3.8, 4) is 17.2 Å². The van der Waals surface area contributed by atoms with Gasteiger partial charge in [-0.25, -0.2) is 0 Å². The van der Waals surface area contributed by atoms with E-state index in [2.05, 4.69) is 5.32 Å². The lowest BCUT2D eigenvalue weighted by Crippen LogP contribution is -2.39. The topological polar surface area (TPSA) is 80.3 Å². The van der Waals surface area contributed by atoms with Crippen LogP contribution in [0, 0.1) is 0 Å². The Hall–Kier alpha value is -2.93. The number of likely N-dealkylation sites (N-methyl/N-ethyl adjacent to an activating group) is 1. The zero-order valence-electron chi connectivity index (χ0n) is 16.1. The highest BCUT2D eigenvalue weighted by atomic mass is 16.5. The average molecular weight is 374 g/mol. The molecule has 7 heteroatoms. The Morgan fingerprint density at radius 3 is 2.30 bits per heavy atom. The van der Waals surface area contributed by atoms with Crippen LogP contribution in [0.2, 0.25) is 0 Å². The molecule has 0 aliphatic heterocycles. The molecule has 1 unspecified atom stereocenters. The standard InChI is InChI=1S/C20H26N2O5/c1-22(14-8-6-5-7-9-14)13-15(23)12-21-20(24)16-10-11-17(25-2)19(27-4)18(16)26-3/h5-11,15,23H,12-13H2,1-4H3,(H,21,24). The second kappa shape index (κ2) is 9.68. The van der Waals surface area contributed by atoms with Crippen LogP contribution in [0.5, 0.6) is 17.2 Å². The molecule has 0 fully saturated rings. The summed E-state index contributed by atoms with van der Waals surface area (Å²) >= 11 is 0. The fourth-order valence-electron chi connectivity index (χ4n) is 2.75. The van der Waals surface area contributed by atoms with E-state index in [-0.39, 0.29) is 18.2 Å². The summed E-state index contributed by atoms with van der Waals surface area (Å²) in [6.07, 6.45) is -0.731. The highest BCUT2D eigenvalue weighted by Gasteiger charge is 2.21. The first-order valence-corrected chi connectivity index (χ1v) is 8.53. The van der Waals surface area contributed by atoms with Crippen LogP contribution in [0.1, 0.15) is 10.4 Å². The number of ether oxygens (including phenoxy) is 3. The minimum Gasteiger partial charge on any atom is -0.493 e. The average Bonchev–Trinajstić information content (AvgIpc) is 2.71. The predicted molar refractivity (Wildman–Crippen MR) is 104 cm³/mol. The minimum atomic E-state index is -0.731. The maximum Gasteiger partial charge on any atom is 0.255 e.